The minimum atomic E-state index is -3.99. The Balaban J connectivity index is 1.27. The van der Waals surface area contributed by atoms with E-state index in [0.717, 1.165) is 60.5 Å². The van der Waals surface area contributed by atoms with Crippen molar-refractivity contribution in [2.45, 2.75) is 61.5 Å². The largest absolute Gasteiger partial charge is 0.497 e. The normalized spacial score (nSPS) is 21.7. The van der Waals surface area contributed by atoms with Gasteiger partial charge < -0.3 is 24.8 Å². The molecule has 1 saturated carbocycles. The van der Waals surface area contributed by atoms with Crippen LogP contribution in [-0.2, 0) is 34.9 Å². The number of anilines is 1. The number of rotatable bonds is 12. The third-order valence-corrected chi connectivity index (χ3v) is 13.4. The number of hydrogen-bond acceptors (Lipinski definition) is 7. The fraction of sp³-hybridized carbons (Fsp3) is 0.381. The summed E-state index contributed by atoms with van der Waals surface area (Å²) in [4.78, 5) is 2.61. The summed E-state index contributed by atoms with van der Waals surface area (Å²) in [6, 6.07) is 26.5. The van der Waals surface area contributed by atoms with Crippen molar-refractivity contribution in [3.05, 3.63) is 125 Å². The lowest BCUT2D eigenvalue weighted by atomic mass is 9.68. The maximum Gasteiger partial charge on any atom is 0.243 e. The number of nitrogens with two attached hydrogens (primary N) is 1. The SMILES string of the molecule is C=C[C@@H](N)[C@@H]1CC[C@H]1CN1C[C@@]2(CCCc3cc(Cl)ccc32)COc2ccc(S(=O)(=O)N(Cc3ccc(OC)cc3)Cc3ccc(OC)cc3)cc21. The molecule has 2 N–H and O–H groups in total. The first-order valence-electron chi connectivity index (χ1n) is 18.1. The van der Waals surface area contributed by atoms with Crippen molar-refractivity contribution in [2.24, 2.45) is 17.6 Å². The van der Waals surface area contributed by atoms with Crippen molar-refractivity contribution < 1.29 is 22.6 Å². The third-order valence-electron chi connectivity index (χ3n) is 11.4. The molecule has 1 heterocycles. The van der Waals surface area contributed by atoms with Crippen molar-refractivity contribution in [3.8, 4) is 17.2 Å². The zero-order chi connectivity index (χ0) is 36.5. The van der Waals surface area contributed by atoms with Gasteiger partial charge in [0.1, 0.15) is 17.2 Å². The molecular weight excluding hydrogens is 694 g/mol. The molecule has 0 radical (unpaired) electrons. The molecule has 10 heteroatoms. The Morgan fingerprint density at radius 3 is 2.25 bits per heavy atom. The van der Waals surface area contributed by atoms with Gasteiger partial charge in [-0.25, -0.2) is 8.42 Å². The summed E-state index contributed by atoms with van der Waals surface area (Å²) in [5, 5.41) is 0.741. The Morgan fingerprint density at radius 2 is 1.65 bits per heavy atom. The number of aryl methyl sites for hydroxylation is 1. The van der Waals surface area contributed by atoms with Gasteiger partial charge in [0.25, 0.3) is 0 Å². The van der Waals surface area contributed by atoms with E-state index in [1.807, 2.05) is 72.8 Å². The summed E-state index contributed by atoms with van der Waals surface area (Å²) in [5.41, 5.74) is 11.3. The first-order valence-corrected chi connectivity index (χ1v) is 19.9. The highest BCUT2D eigenvalue weighted by molar-refractivity contribution is 7.89. The van der Waals surface area contributed by atoms with E-state index in [-0.39, 0.29) is 29.4 Å². The van der Waals surface area contributed by atoms with E-state index in [1.54, 1.807) is 20.3 Å². The van der Waals surface area contributed by atoms with Crippen LogP contribution in [0.1, 0.15) is 47.9 Å². The summed E-state index contributed by atoms with van der Waals surface area (Å²) < 4.78 is 48.6. The predicted molar refractivity (Wildman–Crippen MR) is 207 cm³/mol. The Morgan fingerprint density at radius 1 is 0.981 bits per heavy atom. The minimum Gasteiger partial charge on any atom is -0.497 e. The van der Waals surface area contributed by atoms with E-state index in [1.165, 1.54) is 15.4 Å². The second kappa shape index (κ2) is 15.1. The van der Waals surface area contributed by atoms with Crippen LogP contribution < -0.4 is 24.8 Å². The molecule has 1 fully saturated rings. The van der Waals surface area contributed by atoms with Crippen molar-refractivity contribution >= 4 is 27.3 Å². The zero-order valence-corrected chi connectivity index (χ0v) is 31.5. The zero-order valence-electron chi connectivity index (χ0n) is 30.0. The van der Waals surface area contributed by atoms with Crippen LogP contribution >= 0.6 is 11.6 Å². The lowest BCUT2D eigenvalue weighted by molar-refractivity contribution is 0.159. The molecule has 4 aromatic rings. The Hall–Kier alpha value is -4.02. The predicted octanol–water partition coefficient (Wildman–Crippen LogP) is 7.76. The van der Waals surface area contributed by atoms with Crippen LogP contribution in [0, 0.1) is 11.8 Å². The molecule has 1 spiro atoms. The summed E-state index contributed by atoms with van der Waals surface area (Å²) in [6.07, 6.45) is 6.94. The molecule has 0 bridgehead atoms. The van der Waals surface area contributed by atoms with Gasteiger partial charge in [-0.15, -0.1) is 6.58 Å². The number of methoxy groups -OCH3 is 2. The van der Waals surface area contributed by atoms with Gasteiger partial charge in [-0.1, -0.05) is 48.0 Å². The lowest BCUT2D eigenvalue weighted by Gasteiger charge is -2.45. The van der Waals surface area contributed by atoms with E-state index < -0.39 is 10.0 Å². The van der Waals surface area contributed by atoms with Gasteiger partial charge in [0.15, 0.2) is 0 Å². The standard InChI is InChI=1S/C42H48ClN3O5S/c1-4-39(44)37-18-11-32(37)26-45-27-42(21-5-6-31-22-33(43)12-19-38(31)42)28-51-41-20-17-36(23-40(41)45)52(47,48)46(24-29-7-13-34(49-2)14-8-29)25-30-9-15-35(50-3)16-10-30/h4,7-10,12-17,19-20,22-23,32,37,39H,1,5-6,11,18,21,24-28,44H2,2-3H3/t32-,37+,39+,42-/m0/s1. The van der Waals surface area contributed by atoms with Gasteiger partial charge in [0, 0.05) is 42.7 Å². The van der Waals surface area contributed by atoms with E-state index in [0.29, 0.717) is 42.2 Å². The molecule has 4 atom stereocenters. The third kappa shape index (κ3) is 7.29. The van der Waals surface area contributed by atoms with E-state index in [2.05, 4.69) is 23.6 Å². The van der Waals surface area contributed by atoms with Crippen molar-refractivity contribution in [1.82, 2.24) is 4.31 Å². The Bertz CT molecular complexity index is 1960. The molecule has 3 aliphatic rings. The van der Waals surface area contributed by atoms with Crippen LogP contribution in [0.15, 0.2) is 102 Å². The summed E-state index contributed by atoms with van der Waals surface area (Å²) in [5.74, 6) is 2.80. The fourth-order valence-corrected chi connectivity index (χ4v) is 9.92. The number of ether oxygens (including phenoxy) is 3. The number of sulfonamides is 1. The van der Waals surface area contributed by atoms with Gasteiger partial charge in [0.05, 0.1) is 31.4 Å². The molecule has 8 nitrogen and oxygen atoms in total. The molecule has 0 amide bonds. The topological polar surface area (TPSA) is 94.3 Å². The Kier molecular flexibility index (Phi) is 10.6. The van der Waals surface area contributed by atoms with E-state index >= 15 is 0 Å². The number of hydrogen-bond donors (Lipinski definition) is 1. The fourth-order valence-electron chi connectivity index (χ4n) is 8.28. The molecule has 0 saturated heterocycles. The molecule has 52 heavy (non-hydrogen) atoms. The number of halogens is 1. The number of nitrogens with zero attached hydrogens (tertiary/aromatic N) is 2. The molecule has 7 rings (SSSR count). The highest BCUT2D eigenvalue weighted by Crippen LogP contribution is 2.47. The molecule has 2 aliphatic carbocycles. The van der Waals surface area contributed by atoms with Crippen LogP contribution in [0.3, 0.4) is 0 Å². The maximum absolute atomic E-state index is 14.8. The van der Waals surface area contributed by atoms with E-state index in [9.17, 15) is 8.42 Å². The smallest absolute Gasteiger partial charge is 0.243 e. The van der Waals surface area contributed by atoms with Crippen molar-refractivity contribution in [1.29, 1.82) is 0 Å². The molecule has 4 aromatic carbocycles. The van der Waals surface area contributed by atoms with Crippen LogP contribution in [0.2, 0.25) is 5.02 Å². The highest BCUT2D eigenvalue weighted by Gasteiger charge is 2.44. The molecule has 274 valence electrons. The van der Waals surface area contributed by atoms with E-state index in [4.69, 9.17) is 31.5 Å². The van der Waals surface area contributed by atoms with Gasteiger partial charge in [-0.2, -0.15) is 4.31 Å². The molecule has 1 aliphatic heterocycles. The van der Waals surface area contributed by atoms with Crippen LogP contribution in [0.4, 0.5) is 5.69 Å². The minimum absolute atomic E-state index is 0.0795. The second-order valence-electron chi connectivity index (χ2n) is 14.5. The van der Waals surface area contributed by atoms with Gasteiger partial charge in [0.2, 0.25) is 10.0 Å². The summed E-state index contributed by atoms with van der Waals surface area (Å²) in [7, 11) is -0.761. The number of fused-ring (bicyclic) bond motifs is 3. The quantitative estimate of drug-likeness (QED) is 0.148. The average Bonchev–Trinajstić information content (AvgIpc) is 3.30. The van der Waals surface area contributed by atoms with Crippen molar-refractivity contribution in [3.63, 3.8) is 0 Å². The van der Waals surface area contributed by atoms with Gasteiger partial charge in [-0.05, 0) is 121 Å². The summed E-state index contributed by atoms with van der Waals surface area (Å²) >= 11 is 6.47. The highest BCUT2D eigenvalue weighted by atomic mass is 35.5. The Labute approximate surface area is 313 Å². The van der Waals surface area contributed by atoms with Crippen LogP contribution in [0.25, 0.3) is 0 Å². The van der Waals surface area contributed by atoms with Crippen LogP contribution in [0.5, 0.6) is 17.2 Å². The maximum atomic E-state index is 14.8. The van der Waals surface area contributed by atoms with Gasteiger partial charge >= 0.3 is 0 Å². The average molecular weight is 742 g/mol. The molecule has 0 aromatic heterocycles. The lowest BCUT2D eigenvalue weighted by Crippen LogP contribution is -2.50. The van der Waals surface area contributed by atoms with Gasteiger partial charge in [-0.3, -0.25) is 0 Å². The number of benzene rings is 4. The monoisotopic (exact) mass is 741 g/mol. The first kappa shape index (κ1) is 36.3. The molecular formula is C42H48ClN3O5S. The summed E-state index contributed by atoms with van der Waals surface area (Å²) in [6.45, 7) is 6.29. The second-order valence-corrected chi connectivity index (χ2v) is 16.9. The first-order chi connectivity index (χ1) is 25.1. The molecule has 0 unspecified atom stereocenters. The van der Waals surface area contributed by atoms with Crippen molar-refractivity contribution in [2.75, 3.05) is 38.8 Å². The van der Waals surface area contributed by atoms with Crippen LogP contribution in [-0.4, -0.2) is 52.7 Å².